The van der Waals surface area contributed by atoms with Crippen LogP contribution in [0.2, 0.25) is 0 Å². The number of carbonyl (C=O) groups excluding carboxylic acids is 2. The molecular weight excluding hydrogens is 332 g/mol. The number of anilines is 1. The van der Waals surface area contributed by atoms with E-state index in [0.29, 0.717) is 19.5 Å². The van der Waals surface area contributed by atoms with Gasteiger partial charge in [0, 0.05) is 43.4 Å². The van der Waals surface area contributed by atoms with Gasteiger partial charge in [0.1, 0.15) is 17.9 Å². The number of nitrogens with one attached hydrogen (secondary N) is 1. The smallest absolute Gasteiger partial charge is 0.245 e. The summed E-state index contributed by atoms with van der Waals surface area (Å²) in [5.74, 6) is 0.993. The van der Waals surface area contributed by atoms with Crippen LogP contribution in [-0.4, -0.2) is 57.9 Å². The molecule has 1 aromatic rings. The largest absolute Gasteiger partial charge is 0.349 e. The maximum atomic E-state index is 13.0. The van der Waals surface area contributed by atoms with Crippen molar-refractivity contribution in [3.8, 4) is 6.07 Å². The van der Waals surface area contributed by atoms with Crippen molar-refractivity contribution >= 4 is 17.6 Å². The highest BCUT2D eigenvalue weighted by Crippen LogP contribution is 2.34. The topological polar surface area (TPSA) is 102 Å². The van der Waals surface area contributed by atoms with Crippen molar-refractivity contribution in [2.75, 3.05) is 18.0 Å². The number of rotatable bonds is 2. The quantitative estimate of drug-likeness (QED) is 0.823. The van der Waals surface area contributed by atoms with E-state index in [1.165, 1.54) is 0 Å². The lowest BCUT2D eigenvalue weighted by Crippen LogP contribution is -2.66. The number of piperazine rings is 1. The van der Waals surface area contributed by atoms with Crippen molar-refractivity contribution < 1.29 is 9.59 Å². The fourth-order valence-corrected chi connectivity index (χ4v) is 4.40. The van der Waals surface area contributed by atoms with Crippen LogP contribution in [-0.2, 0) is 9.59 Å². The molecule has 0 saturated carbocycles. The van der Waals surface area contributed by atoms with Crippen LogP contribution in [0.1, 0.15) is 37.6 Å². The Morgan fingerprint density at radius 1 is 1.35 bits per heavy atom. The van der Waals surface area contributed by atoms with E-state index in [1.54, 1.807) is 6.20 Å². The van der Waals surface area contributed by atoms with Gasteiger partial charge in [0.25, 0.3) is 0 Å². The van der Waals surface area contributed by atoms with E-state index in [-0.39, 0.29) is 35.6 Å². The molecule has 8 nitrogen and oxygen atoms in total. The Morgan fingerprint density at radius 2 is 2.12 bits per heavy atom. The van der Waals surface area contributed by atoms with Gasteiger partial charge in [-0.15, -0.1) is 0 Å². The Bertz CT molecular complexity index is 803. The first kappa shape index (κ1) is 16.8. The van der Waals surface area contributed by atoms with E-state index >= 15 is 0 Å². The fraction of sp³-hybridized carbons (Fsp3) is 0.611. The van der Waals surface area contributed by atoms with Crippen LogP contribution in [0, 0.1) is 24.2 Å². The van der Waals surface area contributed by atoms with Crippen molar-refractivity contribution in [2.45, 2.75) is 51.2 Å². The lowest BCUT2D eigenvalue weighted by molar-refractivity contribution is -0.140. The van der Waals surface area contributed by atoms with Gasteiger partial charge in [-0.25, -0.2) is 9.97 Å². The summed E-state index contributed by atoms with van der Waals surface area (Å²) in [5.41, 5.74) is 0.936. The third-order valence-corrected chi connectivity index (χ3v) is 5.79. The number of fused-ring (bicyclic) bond motifs is 3. The minimum absolute atomic E-state index is 0.0360. The Kier molecular flexibility index (Phi) is 4.02. The van der Waals surface area contributed by atoms with Gasteiger partial charge in [-0.1, -0.05) is 6.92 Å². The first-order valence-corrected chi connectivity index (χ1v) is 9.08. The number of nitriles is 1. The van der Waals surface area contributed by atoms with Crippen molar-refractivity contribution in [3.63, 3.8) is 0 Å². The van der Waals surface area contributed by atoms with Gasteiger partial charge < -0.3 is 15.1 Å². The Labute approximate surface area is 152 Å². The lowest BCUT2D eigenvalue weighted by Gasteiger charge is -2.52. The van der Waals surface area contributed by atoms with Crippen molar-refractivity contribution in [2.24, 2.45) is 5.92 Å². The molecule has 1 N–H and O–H groups in total. The lowest BCUT2D eigenvalue weighted by atomic mass is 9.89. The first-order valence-electron chi connectivity index (χ1n) is 9.08. The molecule has 0 radical (unpaired) electrons. The summed E-state index contributed by atoms with van der Waals surface area (Å²) in [7, 11) is 0. The monoisotopic (exact) mass is 354 g/mol. The molecule has 2 amide bonds. The summed E-state index contributed by atoms with van der Waals surface area (Å²) in [4.78, 5) is 37.2. The second kappa shape index (κ2) is 6.24. The van der Waals surface area contributed by atoms with Crippen molar-refractivity contribution in [1.82, 2.24) is 20.2 Å². The molecule has 136 valence electrons. The summed E-state index contributed by atoms with van der Waals surface area (Å²) in [5, 5.41) is 11.9. The molecule has 0 aromatic carbocycles. The van der Waals surface area contributed by atoms with Gasteiger partial charge >= 0.3 is 0 Å². The van der Waals surface area contributed by atoms with E-state index < -0.39 is 6.04 Å². The van der Waals surface area contributed by atoms with E-state index in [1.807, 2.05) is 24.8 Å². The molecule has 8 heteroatoms. The zero-order valence-corrected chi connectivity index (χ0v) is 15.0. The molecule has 4 aliphatic rings. The SMILES string of the molecule is Cc1cnc(C#N)nc1N1CC2CCC1CN2C(=O)C1NC(=O)CC1C. The Hall–Kier alpha value is -2.69. The highest BCUT2D eigenvalue weighted by Gasteiger charge is 2.46. The molecule has 4 saturated heterocycles. The number of aromatic nitrogens is 2. The highest BCUT2D eigenvalue weighted by molar-refractivity contribution is 5.91. The number of aryl methyl sites for hydroxylation is 1. The zero-order valence-electron chi connectivity index (χ0n) is 15.0. The summed E-state index contributed by atoms with van der Waals surface area (Å²) in [6.07, 6.45) is 4.05. The normalized spacial score (nSPS) is 30.3. The highest BCUT2D eigenvalue weighted by atomic mass is 16.2. The molecule has 0 aliphatic carbocycles. The fourth-order valence-electron chi connectivity index (χ4n) is 4.40. The van der Waals surface area contributed by atoms with Crippen LogP contribution in [0.25, 0.3) is 0 Å². The van der Waals surface area contributed by atoms with Crippen LogP contribution < -0.4 is 10.2 Å². The van der Waals surface area contributed by atoms with Gasteiger partial charge in [-0.3, -0.25) is 9.59 Å². The molecule has 2 bridgehead atoms. The summed E-state index contributed by atoms with van der Waals surface area (Å²) in [6.45, 7) is 5.22. The minimum Gasteiger partial charge on any atom is -0.349 e. The third kappa shape index (κ3) is 2.68. The van der Waals surface area contributed by atoms with Crippen LogP contribution in [0.4, 0.5) is 5.82 Å². The van der Waals surface area contributed by atoms with E-state index in [4.69, 9.17) is 5.26 Å². The molecule has 4 fully saturated rings. The molecule has 5 heterocycles. The standard InChI is InChI=1S/C18H22N6O2/c1-10-5-15(25)22-16(10)18(26)24-9-12-3-4-13(24)8-23(12)17-11(2)7-20-14(6-19)21-17/h7,10,12-13,16H,3-5,8-9H2,1-2H3,(H,22,25). The maximum absolute atomic E-state index is 13.0. The van der Waals surface area contributed by atoms with Gasteiger partial charge in [0.2, 0.25) is 17.6 Å². The van der Waals surface area contributed by atoms with Crippen molar-refractivity contribution in [3.05, 3.63) is 17.6 Å². The molecule has 26 heavy (non-hydrogen) atoms. The third-order valence-electron chi connectivity index (χ3n) is 5.79. The summed E-state index contributed by atoms with van der Waals surface area (Å²) < 4.78 is 0. The number of hydrogen-bond acceptors (Lipinski definition) is 6. The molecule has 4 atom stereocenters. The van der Waals surface area contributed by atoms with E-state index in [9.17, 15) is 9.59 Å². The van der Waals surface area contributed by atoms with Crippen LogP contribution in [0.3, 0.4) is 0 Å². The van der Waals surface area contributed by atoms with E-state index in [2.05, 4.69) is 20.2 Å². The predicted molar refractivity (Wildman–Crippen MR) is 93.1 cm³/mol. The molecular formula is C18H22N6O2. The van der Waals surface area contributed by atoms with Crippen LogP contribution >= 0.6 is 0 Å². The summed E-state index contributed by atoms with van der Waals surface area (Å²) in [6, 6.07) is 1.88. The predicted octanol–water partition coefficient (Wildman–Crippen LogP) is 0.361. The number of nitrogens with zero attached hydrogens (tertiary/aromatic N) is 5. The minimum atomic E-state index is -0.402. The Morgan fingerprint density at radius 3 is 2.73 bits per heavy atom. The molecule has 4 unspecified atom stereocenters. The van der Waals surface area contributed by atoms with Gasteiger partial charge in [0.05, 0.1) is 0 Å². The molecule has 5 rings (SSSR count). The second-order valence-electron chi connectivity index (χ2n) is 7.57. The number of amides is 2. The van der Waals surface area contributed by atoms with Crippen molar-refractivity contribution in [1.29, 1.82) is 5.26 Å². The van der Waals surface area contributed by atoms with Gasteiger partial charge in [0.15, 0.2) is 0 Å². The van der Waals surface area contributed by atoms with Crippen LogP contribution in [0.15, 0.2) is 6.20 Å². The second-order valence-corrected chi connectivity index (χ2v) is 7.57. The number of carbonyl (C=O) groups is 2. The average molecular weight is 354 g/mol. The number of hydrogen-bond donors (Lipinski definition) is 1. The molecule has 1 aromatic heterocycles. The van der Waals surface area contributed by atoms with Gasteiger partial charge in [-0.05, 0) is 25.7 Å². The molecule has 0 spiro atoms. The maximum Gasteiger partial charge on any atom is 0.245 e. The summed E-state index contributed by atoms with van der Waals surface area (Å²) >= 11 is 0. The Balaban J connectivity index is 1.54. The average Bonchev–Trinajstić information content (AvgIpc) is 3.00. The van der Waals surface area contributed by atoms with E-state index in [0.717, 1.165) is 24.2 Å². The zero-order chi connectivity index (χ0) is 18.4. The number of piperidine rings is 2. The molecule has 4 aliphatic heterocycles. The first-order chi connectivity index (χ1) is 12.5. The van der Waals surface area contributed by atoms with Gasteiger partial charge in [-0.2, -0.15) is 5.26 Å². The van der Waals surface area contributed by atoms with Crippen LogP contribution in [0.5, 0.6) is 0 Å².